The molecule has 2 heterocycles. The van der Waals surface area contributed by atoms with E-state index in [1.54, 1.807) is 6.07 Å². The average molecular weight is 1130 g/mol. The van der Waals surface area contributed by atoms with Crippen molar-refractivity contribution in [3.63, 3.8) is 0 Å². The van der Waals surface area contributed by atoms with E-state index in [0.717, 1.165) is 29.0 Å². The normalized spacial score (nSPS) is 15.5. The zero-order chi connectivity index (χ0) is 20.7. The van der Waals surface area contributed by atoms with E-state index in [-0.39, 0.29) is 110 Å². The molecule has 0 radical (unpaired) electrons. The van der Waals surface area contributed by atoms with E-state index in [0.29, 0.717) is 28.6 Å². The van der Waals surface area contributed by atoms with Gasteiger partial charge in [-0.25, -0.2) is 0 Å². The van der Waals surface area contributed by atoms with Crippen LogP contribution in [-0.4, -0.2) is 16.2 Å². The molecule has 0 bridgehead atoms. The molecule has 2 N–H and O–H groups in total. The summed E-state index contributed by atoms with van der Waals surface area (Å²) in [5.74, 6) is 1.53. The van der Waals surface area contributed by atoms with Crippen LogP contribution in [0.1, 0.15) is 27.0 Å². The van der Waals surface area contributed by atoms with Crippen LogP contribution in [0, 0.1) is 0 Å². The third kappa shape index (κ3) is 2.88. The molecular weight excluding hydrogens is 1120 g/mol. The number of carbonyl (C=O) groups excluding carboxylic acids is 1. The monoisotopic (exact) mass is 1140 g/mol. The number of hydrogen-bond acceptors (Lipinski definition) is 5. The van der Waals surface area contributed by atoms with Crippen molar-refractivity contribution in [3.8, 4) is 23.0 Å². The number of carbonyl (C=O) groups is 1. The number of phenols is 2. The van der Waals surface area contributed by atoms with Crippen LogP contribution in [-0.2, 0) is 115 Å². The fourth-order valence-electron chi connectivity index (χ4n) is 4.16. The molecule has 9 heteroatoms. The van der Waals surface area contributed by atoms with Gasteiger partial charge in [0.25, 0.3) is 0 Å². The van der Waals surface area contributed by atoms with Crippen molar-refractivity contribution in [1.82, 2.24) is 0 Å². The maximum absolute atomic E-state index is 12.9. The molecule has 2 aliphatic heterocycles. The van der Waals surface area contributed by atoms with Crippen molar-refractivity contribution in [3.05, 3.63) is 58.7 Å². The average Bonchev–Trinajstić information content (AvgIpc) is 3.00. The SMILES string of the molecule is O=C1OC2(c3ccccc31)c1c[c]([Hg])c(O)[c]([Hg])c1Oc1c2c[c]([Hg])c(O)[c]1[Hg]. The van der Waals surface area contributed by atoms with Gasteiger partial charge in [0.15, 0.2) is 0 Å². The fraction of sp³-hybridized carbons (Fsp3) is 0.0500. The molecule has 2 aliphatic rings. The Morgan fingerprint density at radius 3 is 1.86 bits per heavy atom. The van der Waals surface area contributed by atoms with Gasteiger partial charge in [0.05, 0.1) is 0 Å². The van der Waals surface area contributed by atoms with Gasteiger partial charge in [-0.05, 0) is 0 Å². The molecule has 0 unspecified atom stereocenters. The van der Waals surface area contributed by atoms with E-state index in [2.05, 4.69) is 0 Å². The van der Waals surface area contributed by atoms with Gasteiger partial charge in [0.1, 0.15) is 0 Å². The van der Waals surface area contributed by atoms with E-state index in [9.17, 15) is 15.0 Å². The van der Waals surface area contributed by atoms with E-state index in [4.69, 9.17) is 9.47 Å². The van der Waals surface area contributed by atoms with Crippen LogP contribution in [0.3, 0.4) is 0 Å². The van der Waals surface area contributed by atoms with Crippen molar-refractivity contribution in [1.29, 1.82) is 0 Å². The Bertz CT molecular complexity index is 1190. The molecule has 3 aromatic rings. The first-order valence-corrected chi connectivity index (χ1v) is 19.9. The first kappa shape index (κ1) is 21.1. The molecule has 126 valence electrons. The van der Waals surface area contributed by atoms with Gasteiger partial charge in [0, 0.05) is 0 Å². The van der Waals surface area contributed by atoms with Crippen LogP contribution in [0.15, 0.2) is 36.4 Å². The van der Waals surface area contributed by atoms with Gasteiger partial charge in [-0.15, -0.1) is 0 Å². The van der Waals surface area contributed by atoms with Gasteiger partial charge >= 0.3 is 234 Å². The van der Waals surface area contributed by atoms with Crippen LogP contribution in [0.2, 0.25) is 0 Å². The van der Waals surface area contributed by atoms with Crippen molar-refractivity contribution in [2.24, 2.45) is 0 Å². The first-order valence-electron chi connectivity index (χ1n) is 8.86. The van der Waals surface area contributed by atoms with Gasteiger partial charge < -0.3 is 0 Å². The standard InChI is InChI=1S/C20H8O5.4Hg/c21-11-5-7-15-17(9-11)24-18-10-12(22)6-8-16(18)20(15)14-4-2-1-3-13(14)19(23)25-20;;;;/h1-4,7-8,21-22H;;;;. The summed E-state index contributed by atoms with van der Waals surface area (Å²) in [6, 6.07) is 11.4. The van der Waals surface area contributed by atoms with Crippen LogP contribution < -0.4 is 17.0 Å². The molecule has 29 heavy (non-hydrogen) atoms. The Morgan fingerprint density at radius 2 is 1.31 bits per heavy atom. The quantitative estimate of drug-likeness (QED) is 0.252. The molecule has 1 spiro atoms. The molecule has 5 nitrogen and oxygen atoms in total. The van der Waals surface area contributed by atoms with Gasteiger partial charge in [-0.3, -0.25) is 0 Å². The number of phenolic OH excluding ortho intramolecular Hbond substituents is 2. The molecule has 0 saturated carbocycles. The summed E-state index contributed by atoms with van der Waals surface area (Å²) in [5, 5.41) is 21.3. The number of ether oxygens (including phenoxy) is 2. The number of esters is 1. The Morgan fingerprint density at radius 1 is 0.793 bits per heavy atom. The summed E-state index contributed by atoms with van der Waals surface area (Å²) < 4.78 is 16.1. The summed E-state index contributed by atoms with van der Waals surface area (Å²) in [4.78, 5) is 12.9. The number of rotatable bonds is 0. The predicted molar refractivity (Wildman–Crippen MR) is 86.6 cm³/mol. The third-order valence-corrected chi connectivity index (χ3v) is 14.9. The molecule has 0 atom stereocenters. The molecular formula is C20H8Hg4O5. The zero-order valence-corrected chi connectivity index (χ0v) is 37.4. The van der Waals surface area contributed by atoms with Crippen LogP contribution in [0.4, 0.5) is 0 Å². The molecule has 0 amide bonds. The number of hydrogen-bond donors (Lipinski definition) is 2. The van der Waals surface area contributed by atoms with Gasteiger partial charge in [0.2, 0.25) is 0 Å². The second-order valence-corrected chi connectivity index (χ2v) is 18.6. The number of aromatic hydroxyl groups is 2. The number of benzene rings is 3. The number of fused-ring (bicyclic) bond motifs is 6. The maximum atomic E-state index is 12.9. The van der Waals surface area contributed by atoms with Crippen molar-refractivity contribution in [2.45, 2.75) is 5.60 Å². The summed E-state index contributed by atoms with van der Waals surface area (Å²) in [6.07, 6.45) is 0. The molecule has 3 aromatic carbocycles. The first-order chi connectivity index (χ1) is 13.8. The molecule has 0 saturated heterocycles. The molecule has 0 aliphatic carbocycles. The Hall–Kier alpha value is 0.270. The second-order valence-electron chi connectivity index (χ2n) is 7.20. The summed E-state index contributed by atoms with van der Waals surface area (Å²) in [5.41, 5.74) is 1.91. The van der Waals surface area contributed by atoms with Crippen molar-refractivity contribution in [2.75, 3.05) is 0 Å². The van der Waals surface area contributed by atoms with Gasteiger partial charge in [-0.2, -0.15) is 0 Å². The fourth-order valence-corrected chi connectivity index (χ4v) is 18.8. The van der Waals surface area contributed by atoms with E-state index >= 15 is 0 Å². The van der Waals surface area contributed by atoms with Crippen LogP contribution in [0.5, 0.6) is 23.0 Å². The van der Waals surface area contributed by atoms with Gasteiger partial charge in [-0.1, -0.05) is 0 Å². The van der Waals surface area contributed by atoms with Crippen LogP contribution in [0.25, 0.3) is 0 Å². The van der Waals surface area contributed by atoms with E-state index < -0.39 is 5.60 Å². The Labute approximate surface area is 231 Å². The van der Waals surface area contributed by atoms with Crippen LogP contribution >= 0.6 is 0 Å². The molecule has 0 aromatic heterocycles. The van der Waals surface area contributed by atoms with Crippen molar-refractivity contribution >= 4 is 18.3 Å². The zero-order valence-electron chi connectivity index (χ0n) is 15.4. The van der Waals surface area contributed by atoms with Crippen molar-refractivity contribution < 1.29 is 129 Å². The van der Waals surface area contributed by atoms with E-state index in [1.165, 1.54) is 0 Å². The summed E-state index contributed by atoms with van der Waals surface area (Å²) >= 11 is 0.603. The minimum atomic E-state index is -1.08. The topological polar surface area (TPSA) is 76.0 Å². The molecule has 0 fully saturated rings. The Kier molecular flexibility index (Phi) is 5.40. The summed E-state index contributed by atoms with van der Waals surface area (Å²) in [6.45, 7) is 0. The second kappa shape index (κ2) is 7.41. The summed E-state index contributed by atoms with van der Waals surface area (Å²) in [7, 11) is 0. The molecule has 5 rings (SSSR count). The predicted octanol–water partition coefficient (Wildman–Crippen LogP) is 0.354. The third-order valence-electron chi connectivity index (χ3n) is 5.59. The van der Waals surface area contributed by atoms with E-state index in [1.807, 2.05) is 30.3 Å². The minimum absolute atomic E-state index is 0.101. The Balaban J connectivity index is 1.99.